The number of carbonyl (C=O) groups is 2. The lowest BCUT2D eigenvalue weighted by molar-refractivity contribution is -0.870. The molecule has 0 fully saturated rings. The van der Waals surface area contributed by atoms with Crippen LogP contribution in [-0.4, -0.2) is 70.0 Å². The summed E-state index contributed by atoms with van der Waals surface area (Å²) in [5, 5.41) is 0. The Kier molecular flexibility index (Phi) is 25.8. The summed E-state index contributed by atoms with van der Waals surface area (Å²) in [7, 11) is 1.17. The molecule has 2 unspecified atom stereocenters. The quantitative estimate of drug-likeness (QED) is 0.0351. The number of esters is 2. The Bertz CT molecular complexity index is 713. The molecule has 2 atom stereocenters. The molecule has 0 aromatic heterocycles. The van der Waals surface area contributed by atoms with E-state index in [0.29, 0.717) is 17.4 Å². The highest BCUT2D eigenvalue weighted by molar-refractivity contribution is 7.45. The van der Waals surface area contributed by atoms with Crippen molar-refractivity contribution in [3.05, 3.63) is 0 Å². The van der Waals surface area contributed by atoms with Gasteiger partial charge in [0.15, 0.2) is 6.10 Å². The second-order valence-corrected chi connectivity index (χ2v) is 13.9. The maximum atomic E-state index is 12.3. The third kappa shape index (κ3) is 29.1. The van der Waals surface area contributed by atoms with E-state index in [9.17, 15) is 19.0 Å². The monoisotopic (exact) mass is 621 g/mol. The SMILES string of the molecule is CCCCCCCCCCCCCCCCCCCCC(=O)OC(COC(=O)CC)COP(=O)([O-])OCC[N+](C)(C)C. The molecule has 0 aliphatic carbocycles. The molecule has 0 aliphatic rings. The van der Waals surface area contributed by atoms with Gasteiger partial charge in [-0.2, -0.15) is 0 Å². The van der Waals surface area contributed by atoms with Crippen LogP contribution in [0.25, 0.3) is 0 Å². The van der Waals surface area contributed by atoms with E-state index in [0.717, 1.165) is 12.8 Å². The van der Waals surface area contributed by atoms with Gasteiger partial charge in [0.1, 0.15) is 19.8 Å². The van der Waals surface area contributed by atoms with Gasteiger partial charge >= 0.3 is 11.9 Å². The smallest absolute Gasteiger partial charge is 0.306 e. The number of quaternary nitrogens is 1. The van der Waals surface area contributed by atoms with Crippen LogP contribution in [0.4, 0.5) is 0 Å². The Balaban J connectivity index is 3.96. The summed E-state index contributed by atoms with van der Waals surface area (Å²) in [6.07, 6.45) is 22.3. The van der Waals surface area contributed by atoms with Crippen LogP contribution in [0.5, 0.6) is 0 Å². The van der Waals surface area contributed by atoms with E-state index in [-0.39, 0.29) is 26.1 Å². The minimum atomic E-state index is -4.58. The third-order valence-corrected chi connectivity index (χ3v) is 8.15. The van der Waals surface area contributed by atoms with Crippen molar-refractivity contribution in [1.29, 1.82) is 0 Å². The molecule has 0 aromatic rings. The van der Waals surface area contributed by atoms with Gasteiger partial charge in [-0.15, -0.1) is 0 Å². The van der Waals surface area contributed by atoms with Crippen molar-refractivity contribution in [2.75, 3.05) is 47.5 Å². The molecule has 0 aromatic carbocycles. The average Bonchev–Trinajstić information content (AvgIpc) is 2.92. The number of phosphoric ester groups is 1. The normalized spacial score (nSPS) is 14.0. The molecule has 42 heavy (non-hydrogen) atoms. The van der Waals surface area contributed by atoms with Gasteiger partial charge in [0.2, 0.25) is 0 Å². The number of hydrogen-bond acceptors (Lipinski definition) is 8. The number of carbonyl (C=O) groups excluding carboxylic acids is 2. The van der Waals surface area contributed by atoms with Gasteiger partial charge in [-0.05, 0) is 6.42 Å². The number of ether oxygens (including phenoxy) is 2. The lowest BCUT2D eigenvalue weighted by atomic mass is 10.0. The number of rotatable bonds is 30. The van der Waals surface area contributed by atoms with Crippen LogP contribution in [0, 0.1) is 0 Å². The lowest BCUT2D eigenvalue weighted by Crippen LogP contribution is -2.37. The lowest BCUT2D eigenvalue weighted by Gasteiger charge is -2.28. The topological polar surface area (TPSA) is 111 Å². The maximum Gasteiger partial charge on any atom is 0.306 e. The standard InChI is InChI=1S/C32H64NO8P/c1-6-8-9-10-11-12-13-14-15-16-17-18-19-20-21-22-23-24-25-32(35)41-30(28-38-31(34)7-2)29-40-42(36,37)39-27-26-33(3,4)5/h30H,6-29H2,1-5H3. The summed E-state index contributed by atoms with van der Waals surface area (Å²) in [5.41, 5.74) is 0. The molecule has 250 valence electrons. The zero-order valence-electron chi connectivity index (χ0n) is 27.7. The number of likely N-dealkylation sites (N-methyl/N-ethyl adjacent to an activating group) is 1. The third-order valence-electron chi connectivity index (χ3n) is 7.18. The Labute approximate surface area is 257 Å². The molecule has 9 nitrogen and oxygen atoms in total. The van der Waals surface area contributed by atoms with Crippen molar-refractivity contribution >= 4 is 19.8 Å². The molecule has 0 N–H and O–H groups in total. The molecular weight excluding hydrogens is 557 g/mol. The Morgan fingerprint density at radius 1 is 0.667 bits per heavy atom. The molecular formula is C32H64NO8P. The minimum absolute atomic E-state index is 0.0289. The average molecular weight is 622 g/mol. The first-order valence-electron chi connectivity index (χ1n) is 16.7. The number of nitrogens with zero attached hydrogens (tertiary/aromatic N) is 1. The van der Waals surface area contributed by atoms with Crippen molar-refractivity contribution in [1.82, 2.24) is 0 Å². The molecule has 0 bridgehead atoms. The van der Waals surface area contributed by atoms with Crippen molar-refractivity contribution < 1.29 is 42.1 Å². The fourth-order valence-corrected chi connectivity index (χ4v) is 5.19. The summed E-state index contributed by atoms with van der Waals surface area (Å²) in [4.78, 5) is 36.0. The summed E-state index contributed by atoms with van der Waals surface area (Å²) in [5.74, 6) is -0.927. The second-order valence-electron chi connectivity index (χ2n) is 12.5. The Morgan fingerprint density at radius 2 is 1.12 bits per heavy atom. The van der Waals surface area contributed by atoms with Crippen molar-refractivity contribution in [2.24, 2.45) is 0 Å². The first-order chi connectivity index (χ1) is 20.0. The summed E-state index contributed by atoms with van der Waals surface area (Å²) in [6, 6.07) is 0. The summed E-state index contributed by atoms with van der Waals surface area (Å²) < 4.78 is 32.9. The van der Waals surface area contributed by atoms with Crippen LogP contribution in [0.2, 0.25) is 0 Å². The molecule has 10 heteroatoms. The highest BCUT2D eigenvalue weighted by Crippen LogP contribution is 2.38. The van der Waals surface area contributed by atoms with Crippen molar-refractivity contribution in [3.8, 4) is 0 Å². The van der Waals surface area contributed by atoms with Crippen LogP contribution in [0.3, 0.4) is 0 Å². The highest BCUT2D eigenvalue weighted by Gasteiger charge is 2.21. The first kappa shape index (κ1) is 41.0. The summed E-state index contributed by atoms with van der Waals surface area (Å²) in [6.45, 7) is 3.62. The van der Waals surface area contributed by atoms with Gasteiger partial charge in [0.25, 0.3) is 7.82 Å². The molecule has 0 aliphatic heterocycles. The van der Waals surface area contributed by atoms with Crippen molar-refractivity contribution in [2.45, 2.75) is 148 Å². The van der Waals surface area contributed by atoms with E-state index >= 15 is 0 Å². The number of hydrogen-bond donors (Lipinski definition) is 0. The van der Waals surface area contributed by atoms with Gasteiger partial charge in [-0.25, -0.2) is 0 Å². The van der Waals surface area contributed by atoms with E-state index in [2.05, 4.69) is 6.92 Å². The van der Waals surface area contributed by atoms with Crippen LogP contribution < -0.4 is 4.89 Å². The van der Waals surface area contributed by atoms with E-state index in [4.69, 9.17) is 18.5 Å². The Morgan fingerprint density at radius 3 is 1.55 bits per heavy atom. The predicted molar refractivity (Wildman–Crippen MR) is 167 cm³/mol. The zero-order valence-corrected chi connectivity index (χ0v) is 28.6. The molecule has 0 heterocycles. The highest BCUT2D eigenvalue weighted by atomic mass is 31.2. The molecule has 0 saturated carbocycles. The van der Waals surface area contributed by atoms with Crippen LogP contribution in [-0.2, 0) is 32.7 Å². The van der Waals surface area contributed by atoms with E-state index in [1.54, 1.807) is 6.92 Å². The van der Waals surface area contributed by atoms with Crippen molar-refractivity contribution in [3.63, 3.8) is 0 Å². The first-order valence-corrected chi connectivity index (χ1v) is 18.2. The van der Waals surface area contributed by atoms with Crippen LogP contribution in [0.1, 0.15) is 142 Å². The number of phosphoric acid groups is 1. The van der Waals surface area contributed by atoms with Gasteiger partial charge in [-0.1, -0.05) is 123 Å². The Hall–Kier alpha value is -0.990. The zero-order chi connectivity index (χ0) is 31.5. The molecule has 0 spiro atoms. The van der Waals surface area contributed by atoms with E-state index in [1.165, 1.54) is 96.3 Å². The van der Waals surface area contributed by atoms with Gasteiger partial charge < -0.3 is 27.9 Å². The fraction of sp³-hybridized carbons (Fsp3) is 0.938. The molecule has 0 radical (unpaired) electrons. The van der Waals surface area contributed by atoms with Gasteiger partial charge in [0, 0.05) is 12.8 Å². The molecule has 0 rings (SSSR count). The summed E-state index contributed by atoms with van der Waals surface area (Å²) >= 11 is 0. The number of unbranched alkanes of at least 4 members (excludes halogenated alkanes) is 17. The minimum Gasteiger partial charge on any atom is -0.756 e. The van der Waals surface area contributed by atoms with Gasteiger partial charge in [0.05, 0.1) is 27.7 Å². The maximum absolute atomic E-state index is 12.3. The van der Waals surface area contributed by atoms with Crippen LogP contribution >= 0.6 is 7.82 Å². The van der Waals surface area contributed by atoms with E-state index in [1.807, 2.05) is 21.1 Å². The predicted octanol–water partition coefficient (Wildman–Crippen LogP) is 7.49. The molecule has 0 amide bonds. The fourth-order valence-electron chi connectivity index (χ4n) is 4.46. The van der Waals surface area contributed by atoms with Crippen LogP contribution in [0.15, 0.2) is 0 Å². The second kappa shape index (κ2) is 26.4. The van der Waals surface area contributed by atoms with Gasteiger partial charge in [-0.3, -0.25) is 14.2 Å². The molecule has 0 saturated heterocycles. The van der Waals surface area contributed by atoms with E-state index < -0.39 is 32.5 Å². The largest absolute Gasteiger partial charge is 0.756 e.